The van der Waals surface area contributed by atoms with Crippen molar-refractivity contribution in [1.29, 1.82) is 5.26 Å². The molecule has 2 rings (SSSR count). The lowest BCUT2D eigenvalue weighted by atomic mass is 10.2. The van der Waals surface area contributed by atoms with Crippen LogP contribution in [0, 0.1) is 24.1 Å². The first-order chi connectivity index (χ1) is 8.60. The van der Waals surface area contributed by atoms with E-state index in [9.17, 15) is 4.39 Å². The van der Waals surface area contributed by atoms with E-state index >= 15 is 0 Å². The molecule has 0 fully saturated rings. The molecule has 0 aliphatic rings. The lowest BCUT2D eigenvalue weighted by Crippen LogP contribution is -1.90. The number of halogens is 2. The minimum Gasteiger partial charge on any atom is -0.454 e. The van der Waals surface area contributed by atoms with E-state index in [1.807, 2.05) is 25.1 Å². The molecule has 0 atom stereocenters. The van der Waals surface area contributed by atoms with Crippen LogP contribution < -0.4 is 4.74 Å². The molecule has 18 heavy (non-hydrogen) atoms. The van der Waals surface area contributed by atoms with Gasteiger partial charge in [-0.15, -0.1) is 0 Å². The summed E-state index contributed by atoms with van der Waals surface area (Å²) in [5, 5.41) is 8.65. The van der Waals surface area contributed by atoms with Crippen LogP contribution in [0.5, 0.6) is 11.5 Å². The van der Waals surface area contributed by atoms with Gasteiger partial charge in [-0.3, -0.25) is 0 Å². The molecule has 2 nitrogen and oxygen atoms in total. The predicted molar refractivity (Wildman–Crippen MR) is 70.1 cm³/mol. The lowest BCUT2D eigenvalue weighted by Gasteiger charge is -2.08. The molecule has 0 unspecified atom stereocenters. The van der Waals surface area contributed by atoms with Crippen molar-refractivity contribution in [2.24, 2.45) is 0 Å². The van der Waals surface area contributed by atoms with Gasteiger partial charge in [0.2, 0.25) is 0 Å². The minimum atomic E-state index is -0.547. The summed E-state index contributed by atoms with van der Waals surface area (Å²) in [6, 6.07) is 11.4. The van der Waals surface area contributed by atoms with Crippen molar-refractivity contribution in [3.63, 3.8) is 0 Å². The van der Waals surface area contributed by atoms with E-state index in [1.54, 1.807) is 6.07 Å². The van der Waals surface area contributed by atoms with Crippen LogP contribution in [0.1, 0.15) is 11.1 Å². The zero-order valence-corrected chi connectivity index (χ0v) is 11.2. The smallest absolute Gasteiger partial charge is 0.167 e. The van der Waals surface area contributed by atoms with Gasteiger partial charge in [-0.05, 0) is 48.9 Å². The Labute approximate surface area is 113 Å². The zero-order chi connectivity index (χ0) is 13.1. The van der Waals surface area contributed by atoms with Gasteiger partial charge in [0.05, 0.1) is 11.6 Å². The molecule has 0 saturated carbocycles. The van der Waals surface area contributed by atoms with Gasteiger partial charge in [0.1, 0.15) is 5.75 Å². The Hall–Kier alpha value is -1.86. The first kappa shape index (κ1) is 12.6. The topological polar surface area (TPSA) is 33.0 Å². The first-order valence-corrected chi connectivity index (χ1v) is 6.03. The van der Waals surface area contributed by atoms with Crippen molar-refractivity contribution in [2.45, 2.75) is 6.92 Å². The summed E-state index contributed by atoms with van der Waals surface area (Å²) >= 11 is 3.38. The van der Waals surface area contributed by atoms with Gasteiger partial charge in [-0.2, -0.15) is 5.26 Å². The van der Waals surface area contributed by atoms with Crippen LogP contribution in [0.2, 0.25) is 0 Å². The third-order valence-corrected chi connectivity index (χ3v) is 3.31. The Kier molecular flexibility index (Phi) is 3.63. The SMILES string of the molecule is Cc1cc(Oc2ccc(C#N)cc2F)ccc1Br. The molecule has 0 radical (unpaired) electrons. The van der Waals surface area contributed by atoms with Crippen LogP contribution in [0.25, 0.3) is 0 Å². The highest BCUT2D eigenvalue weighted by Gasteiger charge is 2.06. The fourth-order valence-corrected chi connectivity index (χ4v) is 1.71. The van der Waals surface area contributed by atoms with E-state index in [-0.39, 0.29) is 11.3 Å². The number of hydrogen-bond donors (Lipinski definition) is 0. The second-order valence-electron chi connectivity index (χ2n) is 3.77. The normalized spacial score (nSPS) is 9.89. The highest BCUT2D eigenvalue weighted by Crippen LogP contribution is 2.28. The van der Waals surface area contributed by atoms with E-state index in [0.717, 1.165) is 16.1 Å². The van der Waals surface area contributed by atoms with E-state index in [2.05, 4.69) is 15.9 Å². The zero-order valence-electron chi connectivity index (χ0n) is 9.58. The van der Waals surface area contributed by atoms with Crippen LogP contribution in [-0.2, 0) is 0 Å². The van der Waals surface area contributed by atoms with E-state index in [0.29, 0.717) is 5.75 Å². The molecule has 0 aromatic heterocycles. The van der Waals surface area contributed by atoms with Gasteiger partial charge in [0.25, 0.3) is 0 Å². The number of rotatable bonds is 2. The summed E-state index contributed by atoms with van der Waals surface area (Å²) in [6.07, 6.45) is 0. The fraction of sp³-hybridized carbons (Fsp3) is 0.0714. The molecule has 2 aromatic rings. The summed E-state index contributed by atoms with van der Waals surface area (Å²) in [5.41, 5.74) is 1.27. The number of nitrogens with zero attached hydrogens (tertiary/aromatic N) is 1. The average molecular weight is 306 g/mol. The average Bonchev–Trinajstić information content (AvgIpc) is 2.36. The number of hydrogen-bond acceptors (Lipinski definition) is 2. The quantitative estimate of drug-likeness (QED) is 0.815. The fourth-order valence-electron chi connectivity index (χ4n) is 1.46. The maximum atomic E-state index is 13.6. The highest BCUT2D eigenvalue weighted by molar-refractivity contribution is 9.10. The third kappa shape index (κ3) is 2.69. The van der Waals surface area contributed by atoms with Gasteiger partial charge < -0.3 is 4.74 Å². The number of aryl methyl sites for hydroxylation is 1. The summed E-state index contributed by atoms with van der Waals surface area (Å²) in [6.45, 7) is 1.92. The van der Waals surface area contributed by atoms with Crippen molar-refractivity contribution in [3.05, 3.63) is 57.8 Å². The molecule has 0 aliphatic heterocycles. The van der Waals surface area contributed by atoms with E-state index < -0.39 is 5.82 Å². The Balaban J connectivity index is 2.29. The molecule has 2 aromatic carbocycles. The van der Waals surface area contributed by atoms with Crippen LogP contribution in [-0.4, -0.2) is 0 Å². The summed E-state index contributed by atoms with van der Waals surface area (Å²) in [4.78, 5) is 0. The van der Waals surface area contributed by atoms with Crippen LogP contribution in [0.4, 0.5) is 4.39 Å². The van der Waals surface area contributed by atoms with E-state index in [1.165, 1.54) is 12.1 Å². The van der Waals surface area contributed by atoms with Crippen LogP contribution in [0.3, 0.4) is 0 Å². The first-order valence-electron chi connectivity index (χ1n) is 5.24. The second-order valence-corrected chi connectivity index (χ2v) is 4.62. The molecule has 4 heteroatoms. The van der Waals surface area contributed by atoms with Gasteiger partial charge in [0.15, 0.2) is 11.6 Å². The van der Waals surface area contributed by atoms with Gasteiger partial charge in [-0.25, -0.2) is 4.39 Å². The molecule has 0 amide bonds. The molecule has 0 aliphatic carbocycles. The maximum Gasteiger partial charge on any atom is 0.167 e. The van der Waals surface area contributed by atoms with Crippen molar-refractivity contribution in [3.8, 4) is 17.6 Å². The molecule has 0 saturated heterocycles. The number of ether oxygens (including phenoxy) is 1. The molecule has 0 heterocycles. The van der Waals surface area contributed by atoms with Crippen molar-refractivity contribution in [1.82, 2.24) is 0 Å². The molecular formula is C14H9BrFNO. The number of nitriles is 1. The Bertz CT molecular complexity index is 634. The van der Waals surface area contributed by atoms with E-state index in [4.69, 9.17) is 10.00 Å². The van der Waals surface area contributed by atoms with Crippen molar-refractivity contribution in [2.75, 3.05) is 0 Å². The van der Waals surface area contributed by atoms with Gasteiger partial charge in [-0.1, -0.05) is 15.9 Å². The maximum absolute atomic E-state index is 13.6. The standard InChI is InChI=1S/C14H9BrFNO/c1-9-6-11(3-4-12(9)15)18-14-5-2-10(8-17)7-13(14)16/h2-7H,1H3. The predicted octanol–water partition coefficient (Wildman–Crippen LogP) is 4.56. The van der Waals surface area contributed by atoms with Crippen molar-refractivity contribution < 1.29 is 9.13 Å². The summed E-state index contributed by atoms with van der Waals surface area (Å²) < 4.78 is 20.0. The second kappa shape index (κ2) is 5.19. The Morgan fingerprint density at radius 3 is 2.61 bits per heavy atom. The van der Waals surface area contributed by atoms with Crippen LogP contribution >= 0.6 is 15.9 Å². The molecule has 0 N–H and O–H groups in total. The molecule has 0 spiro atoms. The molecule has 0 bridgehead atoms. The molecule has 90 valence electrons. The lowest BCUT2D eigenvalue weighted by molar-refractivity contribution is 0.442. The highest BCUT2D eigenvalue weighted by atomic mass is 79.9. The van der Waals surface area contributed by atoms with Crippen LogP contribution in [0.15, 0.2) is 40.9 Å². The molecular weight excluding hydrogens is 297 g/mol. The Morgan fingerprint density at radius 1 is 1.22 bits per heavy atom. The summed E-state index contributed by atoms with van der Waals surface area (Å²) in [7, 11) is 0. The van der Waals surface area contributed by atoms with Gasteiger partial charge in [0, 0.05) is 4.47 Å². The number of benzene rings is 2. The minimum absolute atomic E-state index is 0.107. The third-order valence-electron chi connectivity index (χ3n) is 2.42. The van der Waals surface area contributed by atoms with Gasteiger partial charge >= 0.3 is 0 Å². The monoisotopic (exact) mass is 305 g/mol. The van der Waals surface area contributed by atoms with Crippen molar-refractivity contribution >= 4 is 15.9 Å². The summed E-state index contributed by atoms with van der Waals surface area (Å²) in [5.74, 6) is 0.115. The Morgan fingerprint density at radius 2 is 2.00 bits per heavy atom. The largest absolute Gasteiger partial charge is 0.454 e.